The van der Waals surface area contributed by atoms with Crippen LogP contribution in [0, 0.1) is 10.1 Å². The molecule has 0 bridgehead atoms. The topological polar surface area (TPSA) is 105 Å². The predicted molar refractivity (Wildman–Crippen MR) is 58.9 cm³/mol. The predicted octanol–water partition coefficient (Wildman–Crippen LogP) is 0.800. The fourth-order valence-electron chi connectivity index (χ4n) is 1.43. The van der Waals surface area contributed by atoms with Crippen LogP contribution in [0.5, 0.6) is 11.5 Å². The van der Waals surface area contributed by atoms with Gasteiger partial charge in [0.15, 0.2) is 11.5 Å². The third kappa shape index (κ3) is 2.68. The van der Waals surface area contributed by atoms with Gasteiger partial charge in [-0.05, 0) is 6.07 Å². The van der Waals surface area contributed by atoms with Crippen molar-refractivity contribution < 1.29 is 27.0 Å². The molecule has 0 atom stereocenters. The summed E-state index contributed by atoms with van der Waals surface area (Å²) < 4.78 is 36.3. The zero-order valence-electron chi connectivity index (χ0n) is 9.28. The maximum atomic E-state index is 10.9. The highest BCUT2D eigenvalue weighted by Crippen LogP contribution is 2.38. The second kappa shape index (κ2) is 4.42. The van der Waals surface area contributed by atoms with Crippen molar-refractivity contribution in [1.82, 2.24) is 0 Å². The average Bonchev–Trinajstić information content (AvgIpc) is 2.70. The van der Waals surface area contributed by atoms with Crippen molar-refractivity contribution in [3.63, 3.8) is 0 Å². The number of benzene rings is 1. The summed E-state index contributed by atoms with van der Waals surface area (Å²) in [5, 5.41) is 10.9. The second-order valence-electron chi connectivity index (χ2n) is 3.56. The van der Waals surface area contributed by atoms with E-state index in [4.69, 9.17) is 9.47 Å². The molecule has 0 aliphatic carbocycles. The number of nitrogens with zero attached hydrogens (tertiary/aromatic N) is 1. The van der Waals surface area contributed by atoms with Crippen molar-refractivity contribution in [2.45, 2.75) is 6.61 Å². The van der Waals surface area contributed by atoms with Crippen LogP contribution >= 0.6 is 0 Å². The van der Waals surface area contributed by atoms with Gasteiger partial charge >= 0.3 is 0 Å². The van der Waals surface area contributed by atoms with Crippen molar-refractivity contribution in [3.8, 4) is 11.5 Å². The van der Waals surface area contributed by atoms with Gasteiger partial charge in [0.1, 0.15) is 0 Å². The van der Waals surface area contributed by atoms with Crippen molar-refractivity contribution in [1.29, 1.82) is 0 Å². The van der Waals surface area contributed by atoms with Gasteiger partial charge in [-0.2, -0.15) is 8.42 Å². The standard InChI is InChI=1S/C9H9NO7S/c1-18(13,14)17-4-6-2-8-9(16-5-15-8)3-7(6)10(11)12/h2-3H,4-5H2,1H3. The number of rotatable bonds is 4. The Morgan fingerprint density at radius 2 is 2.00 bits per heavy atom. The van der Waals surface area contributed by atoms with Crippen molar-refractivity contribution in [2.75, 3.05) is 13.0 Å². The molecule has 0 saturated heterocycles. The molecule has 1 aromatic carbocycles. The Morgan fingerprint density at radius 3 is 2.56 bits per heavy atom. The molecule has 1 aliphatic rings. The minimum atomic E-state index is -3.67. The van der Waals surface area contributed by atoms with Crippen molar-refractivity contribution in [3.05, 3.63) is 27.8 Å². The van der Waals surface area contributed by atoms with E-state index in [1.807, 2.05) is 0 Å². The van der Waals surface area contributed by atoms with Crippen LogP contribution in [0.15, 0.2) is 12.1 Å². The van der Waals surface area contributed by atoms with Gasteiger partial charge in [0.05, 0.1) is 29.4 Å². The van der Waals surface area contributed by atoms with Crippen LogP contribution in [-0.4, -0.2) is 26.4 Å². The summed E-state index contributed by atoms with van der Waals surface area (Å²) in [4.78, 5) is 10.2. The number of nitro groups is 1. The quantitative estimate of drug-likeness (QED) is 0.454. The molecule has 0 N–H and O–H groups in total. The normalized spacial score (nSPS) is 13.6. The molecule has 0 fully saturated rings. The molecular weight excluding hydrogens is 266 g/mol. The van der Waals surface area contributed by atoms with Gasteiger partial charge in [-0.25, -0.2) is 0 Å². The van der Waals surface area contributed by atoms with Crippen molar-refractivity contribution >= 4 is 15.8 Å². The Balaban J connectivity index is 2.36. The van der Waals surface area contributed by atoms with Gasteiger partial charge in [-0.1, -0.05) is 0 Å². The third-order valence-corrected chi connectivity index (χ3v) is 2.75. The van der Waals surface area contributed by atoms with Crippen molar-refractivity contribution in [2.24, 2.45) is 0 Å². The zero-order valence-corrected chi connectivity index (χ0v) is 10.1. The second-order valence-corrected chi connectivity index (χ2v) is 5.20. The zero-order chi connectivity index (χ0) is 13.3. The fourth-order valence-corrected chi connectivity index (χ4v) is 1.77. The van der Waals surface area contributed by atoms with Gasteiger partial charge in [0, 0.05) is 0 Å². The van der Waals surface area contributed by atoms with E-state index in [1.54, 1.807) is 0 Å². The molecule has 1 aliphatic heterocycles. The molecule has 18 heavy (non-hydrogen) atoms. The molecule has 8 nitrogen and oxygen atoms in total. The maximum Gasteiger partial charge on any atom is 0.278 e. The van der Waals surface area contributed by atoms with Gasteiger partial charge in [-0.15, -0.1) is 0 Å². The first kappa shape index (κ1) is 12.6. The van der Waals surface area contributed by atoms with E-state index in [9.17, 15) is 18.5 Å². The first-order valence-corrected chi connectivity index (χ1v) is 6.60. The molecule has 1 heterocycles. The summed E-state index contributed by atoms with van der Waals surface area (Å²) in [6.07, 6.45) is 0.867. The number of fused-ring (bicyclic) bond motifs is 1. The molecule has 0 spiro atoms. The van der Waals surface area contributed by atoms with Crippen LogP contribution in [-0.2, 0) is 20.9 Å². The van der Waals surface area contributed by atoms with Gasteiger partial charge < -0.3 is 9.47 Å². The van der Waals surface area contributed by atoms with Gasteiger partial charge in [0.2, 0.25) is 6.79 Å². The Labute approximate surface area is 102 Å². The SMILES string of the molecule is CS(=O)(=O)OCc1cc2c(cc1[N+](=O)[O-])OCO2. The molecule has 0 unspecified atom stereocenters. The molecule has 0 radical (unpaired) electrons. The average molecular weight is 275 g/mol. The summed E-state index contributed by atoms with van der Waals surface area (Å²) in [5.74, 6) is 0.581. The lowest BCUT2D eigenvalue weighted by atomic mass is 10.1. The lowest BCUT2D eigenvalue weighted by Crippen LogP contribution is -2.04. The Kier molecular flexibility index (Phi) is 3.09. The Morgan fingerprint density at radius 1 is 1.39 bits per heavy atom. The lowest BCUT2D eigenvalue weighted by molar-refractivity contribution is -0.385. The number of ether oxygens (including phenoxy) is 2. The van der Waals surface area contributed by atoms with Crippen LogP contribution < -0.4 is 9.47 Å². The minimum Gasteiger partial charge on any atom is -0.454 e. The Hall–Kier alpha value is -1.87. The highest BCUT2D eigenvalue weighted by atomic mass is 32.2. The van der Waals surface area contributed by atoms with E-state index in [1.165, 1.54) is 12.1 Å². The first-order chi connectivity index (χ1) is 8.37. The van der Waals surface area contributed by atoms with Crippen LogP contribution in [0.2, 0.25) is 0 Å². The largest absolute Gasteiger partial charge is 0.454 e. The summed E-state index contributed by atoms with van der Waals surface area (Å²) in [5.41, 5.74) is -0.169. The van der Waals surface area contributed by atoms with E-state index in [-0.39, 0.29) is 23.8 Å². The van der Waals surface area contributed by atoms with E-state index >= 15 is 0 Å². The Bertz CT molecular complexity index is 595. The molecular formula is C9H9NO7S. The van der Waals surface area contributed by atoms with E-state index in [0.29, 0.717) is 5.75 Å². The fraction of sp³-hybridized carbons (Fsp3) is 0.333. The number of nitro benzene ring substituents is 1. The third-order valence-electron chi connectivity index (χ3n) is 2.20. The van der Waals surface area contributed by atoms with Gasteiger partial charge in [0.25, 0.3) is 15.8 Å². The molecule has 1 aromatic rings. The smallest absolute Gasteiger partial charge is 0.278 e. The number of hydrogen-bond acceptors (Lipinski definition) is 7. The number of hydrogen-bond donors (Lipinski definition) is 0. The highest BCUT2D eigenvalue weighted by Gasteiger charge is 2.24. The highest BCUT2D eigenvalue weighted by molar-refractivity contribution is 7.85. The molecule has 0 amide bonds. The summed E-state index contributed by atoms with van der Waals surface area (Å²) in [6, 6.07) is 2.52. The van der Waals surface area contributed by atoms with Crippen LogP contribution in [0.25, 0.3) is 0 Å². The van der Waals surface area contributed by atoms with E-state index in [2.05, 4.69) is 4.18 Å². The van der Waals surface area contributed by atoms with Crippen LogP contribution in [0.4, 0.5) is 5.69 Å². The maximum absolute atomic E-state index is 10.9. The monoisotopic (exact) mass is 275 g/mol. The van der Waals surface area contributed by atoms with Crippen LogP contribution in [0.1, 0.15) is 5.56 Å². The first-order valence-electron chi connectivity index (χ1n) is 4.78. The molecule has 9 heteroatoms. The lowest BCUT2D eigenvalue weighted by Gasteiger charge is -2.04. The van der Waals surface area contributed by atoms with E-state index < -0.39 is 21.6 Å². The van der Waals surface area contributed by atoms with Gasteiger partial charge in [-0.3, -0.25) is 14.3 Å². The summed E-state index contributed by atoms with van der Waals surface area (Å²) >= 11 is 0. The molecule has 0 aromatic heterocycles. The molecule has 0 saturated carbocycles. The summed E-state index contributed by atoms with van der Waals surface area (Å²) in [7, 11) is -3.67. The van der Waals surface area contributed by atoms with Crippen LogP contribution in [0.3, 0.4) is 0 Å². The minimum absolute atomic E-state index is 0.0249. The molecule has 2 rings (SSSR count). The van der Waals surface area contributed by atoms with E-state index in [0.717, 1.165) is 6.26 Å². The molecule has 98 valence electrons. The summed E-state index contributed by atoms with van der Waals surface area (Å²) in [6.45, 7) is -0.450.